The van der Waals surface area contributed by atoms with E-state index in [1.54, 1.807) is 20.1 Å². The average molecular weight is 803 g/mol. The second-order valence-corrected chi connectivity index (χ2v) is 16.6. The standard InChI is InChI=1S/C43H55ClN6O5S/c1-8-29(3)47-32(6)50-27-36(48-43(33-16-18-35(44)19-17-33)38-26-37(54-7)20-21-39(38)50)25-41(51)45-22-12-10-9-11-13-23-46-56(52,53)40-24-34(15-14-28(40)2)42-30(4)49-55-31(42)5/h14-21,24,26,29,36,46H,8-13,22-23,25,27H2,1-7H3,(H,45,51). The van der Waals surface area contributed by atoms with E-state index in [9.17, 15) is 13.2 Å². The van der Waals surface area contributed by atoms with Crippen LogP contribution in [0, 0.1) is 20.8 Å². The Morgan fingerprint density at radius 3 is 2.38 bits per heavy atom. The number of carbonyl (C=O) groups excluding carboxylic acids is 1. The number of anilines is 1. The Labute approximate surface area is 337 Å². The minimum atomic E-state index is -3.69. The smallest absolute Gasteiger partial charge is 0.240 e. The maximum Gasteiger partial charge on any atom is 0.240 e. The number of hydrogen-bond acceptors (Lipinski definition) is 8. The van der Waals surface area contributed by atoms with Crippen LogP contribution < -0.4 is 19.7 Å². The van der Waals surface area contributed by atoms with Crippen molar-refractivity contribution in [2.75, 3.05) is 31.6 Å². The number of amidine groups is 1. The van der Waals surface area contributed by atoms with Crippen LogP contribution in [-0.4, -0.2) is 69.9 Å². The van der Waals surface area contributed by atoms with Gasteiger partial charge in [0.05, 0.1) is 41.6 Å². The average Bonchev–Trinajstić information content (AvgIpc) is 3.42. The number of benzene rings is 3. The number of benzodiazepines with no additional fused rings is 1. The lowest BCUT2D eigenvalue weighted by atomic mass is 9.99. The van der Waals surface area contributed by atoms with E-state index < -0.39 is 10.0 Å². The Kier molecular flexibility index (Phi) is 14.9. The van der Waals surface area contributed by atoms with E-state index in [-0.39, 0.29) is 29.3 Å². The number of halogens is 1. The fraction of sp³-hybridized carbons (Fsp3) is 0.442. The summed E-state index contributed by atoms with van der Waals surface area (Å²) in [6, 6.07) is 18.8. The highest BCUT2D eigenvalue weighted by Gasteiger charge is 2.28. The topological polar surface area (TPSA) is 138 Å². The fourth-order valence-corrected chi connectivity index (χ4v) is 8.39. The van der Waals surface area contributed by atoms with Crippen molar-refractivity contribution >= 4 is 44.8 Å². The Bertz CT molecular complexity index is 2130. The molecule has 2 unspecified atom stereocenters. The molecular formula is C43H55ClN6O5S. The van der Waals surface area contributed by atoms with Crippen molar-refractivity contribution in [1.29, 1.82) is 0 Å². The maximum atomic E-state index is 13.4. The Balaban J connectivity index is 1.14. The molecule has 2 heterocycles. The lowest BCUT2D eigenvalue weighted by Crippen LogP contribution is -2.38. The first-order chi connectivity index (χ1) is 26.8. The number of aryl methyl sites for hydroxylation is 3. The predicted octanol–water partition coefficient (Wildman–Crippen LogP) is 8.61. The second kappa shape index (κ2) is 19.6. The number of carbonyl (C=O) groups is 1. The minimum absolute atomic E-state index is 0.0580. The van der Waals surface area contributed by atoms with Gasteiger partial charge >= 0.3 is 0 Å². The molecule has 0 spiro atoms. The van der Waals surface area contributed by atoms with Crippen molar-refractivity contribution in [3.05, 3.63) is 93.8 Å². The van der Waals surface area contributed by atoms with Crippen molar-refractivity contribution in [3.63, 3.8) is 0 Å². The van der Waals surface area contributed by atoms with Gasteiger partial charge in [0.1, 0.15) is 17.3 Å². The Hall–Kier alpha value is -4.52. The van der Waals surface area contributed by atoms with Gasteiger partial charge in [-0.2, -0.15) is 0 Å². The largest absolute Gasteiger partial charge is 0.497 e. The summed E-state index contributed by atoms with van der Waals surface area (Å²) >= 11 is 6.26. The van der Waals surface area contributed by atoms with Crippen molar-refractivity contribution in [3.8, 4) is 16.9 Å². The maximum absolute atomic E-state index is 13.4. The highest BCUT2D eigenvalue weighted by Crippen LogP contribution is 2.33. The van der Waals surface area contributed by atoms with Crippen molar-refractivity contribution in [2.45, 2.75) is 103 Å². The zero-order chi connectivity index (χ0) is 40.4. The lowest BCUT2D eigenvalue weighted by Gasteiger charge is -2.27. The number of ether oxygens (including phenoxy) is 1. The summed E-state index contributed by atoms with van der Waals surface area (Å²) in [5.41, 5.74) is 6.51. The molecular weight excluding hydrogens is 748 g/mol. The quantitative estimate of drug-likeness (QED) is 0.0620. The molecule has 3 aromatic carbocycles. The van der Waals surface area contributed by atoms with E-state index >= 15 is 0 Å². The Morgan fingerprint density at radius 1 is 1.00 bits per heavy atom. The summed E-state index contributed by atoms with van der Waals surface area (Å²) in [7, 11) is -2.04. The molecule has 1 aromatic heterocycles. The first-order valence-corrected chi connectivity index (χ1v) is 21.3. The number of fused-ring (bicyclic) bond motifs is 1. The number of methoxy groups -OCH3 is 1. The molecule has 0 saturated carbocycles. The van der Waals surface area contributed by atoms with Crippen LogP contribution in [0.15, 0.2) is 80.1 Å². The summed E-state index contributed by atoms with van der Waals surface area (Å²) in [6.07, 6.45) is 5.40. The second-order valence-electron chi connectivity index (χ2n) is 14.5. The summed E-state index contributed by atoms with van der Waals surface area (Å²) < 4.78 is 40.1. The van der Waals surface area contributed by atoms with Crippen LogP contribution in [0.5, 0.6) is 5.75 Å². The van der Waals surface area contributed by atoms with E-state index in [1.165, 1.54) is 0 Å². The van der Waals surface area contributed by atoms with E-state index in [1.807, 2.05) is 75.4 Å². The molecule has 300 valence electrons. The van der Waals surface area contributed by atoms with Gasteiger partial charge in [0, 0.05) is 47.4 Å². The number of aromatic nitrogens is 1. The first-order valence-electron chi connectivity index (χ1n) is 19.5. The molecule has 1 amide bonds. The van der Waals surface area contributed by atoms with E-state index in [2.05, 4.69) is 33.9 Å². The molecule has 13 heteroatoms. The highest BCUT2D eigenvalue weighted by molar-refractivity contribution is 7.89. The van der Waals surface area contributed by atoms with Crippen LogP contribution >= 0.6 is 11.6 Å². The summed E-state index contributed by atoms with van der Waals surface area (Å²) in [5.74, 6) is 2.18. The van der Waals surface area contributed by atoms with Crippen LogP contribution in [0.4, 0.5) is 5.69 Å². The molecule has 11 nitrogen and oxygen atoms in total. The molecule has 4 aromatic rings. The van der Waals surface area contributed by atoms with Gasteiger partial charge in [-0.3, -0.25) is 14.8 Å². The number of sulfonamides is 1. The van der Waals surface area contributed by atoms with Gasteiger partial charge in [-0.05, 0) is 101 Å². The van der Waals surface area contributed by atoms with Crippen LogP contribution in [0.1, 0.15) is 93.9 Å². The van der Waals surface area contributed by atoms with Gasteiger partial charge in [0.25, 0.3) is 0 Å². The third-order valence-corrected chi connectivity index (χ3v) is 12.0. The molecule has 5 rings (SSSR count). The molecule has 0 radical (unpaired) electrons. The number of nitrogens with zero attached hydrogens (tertiary/aromatic N) is 4. The number of rotatable bonds is 17. The van der Waals surface area contributed by atoms with Crippen LogP contribution in [0.2, 0.25) is 5.02 Å². The third kappa shape index (κ3) is 10.9. The molecule has 0 aliphatic carbocycles. The van der Waals surface area contributed by atoms with E-state index in [0.717, 1.165) is 77.3 Å². The number of unbranched alkanes of at least 4 members (excludes halogenated alkanes) is 4. The number of aliphatic imine (C=N–C) groups is 2. The van der Waals surface area contributed by atoms with Gasteiger partial charge in [0.2, 0.25) is 15.9 Å². The molecule has 1 aliphatic rings. The third-order valence-electron chi connectivity index (χ3n) is 10.1. The predicted molar refractivity (Wildman–Crippen MR) is 226 cm³/mol. The first kappa shape index (κ1) is 42.6. The van der Waals surface area contributed by atoms with Gasteiger partial charge in [0.15, 0.2) is 0 Å². The SMILES string of the molecule is CCC(C)N=C(C)N1CC(CC(=O)NCCCCCCCNS(=O)(=O)c2cc(-c3c(C)noc3C)ccc2C)N=C(c2ccc(Cl)cc2)c2cc(OC)ccc21. The van der Waals surface area contributed by atoms with E-state index in [4.69, 9.17) is 30.8 Å². The molecule has 2 atom stereocenters. The zero-order valence-electron chi connectivity index (χ0n) is 33.6. The molecule has 0 saturated heterocycles. The van der Waals surface area contributed by atoms with Crippen molar-refractivity contribution < 1.29 is 22.5 Å². The normalized spacial score (nSPS) is 15.2. The van der Waals surface area contributed by atoms with Crippen LogP contribution in [0.25, 0.3) is 11.1 Å². The molecule has 0 bridgehead atoms. The van der Waals surface area contributed by atoms with Gasteiger partial charge in [-0.15, -0.1) is 0 Å². The summed E-state index contributed by atoms with van der Waals surface area (Å²) in [5, 5.41) is 7.75. The summed E-state index contributed by atoms with van der Waals surface area (Å²) in [4.78, 5) is 26.0. The van der Waals surface area contributed by atoms with Gasteiger partial charge < -0.3 is 19.5 Å². The highest BCUT2D eigenvalue weighted by atomic mass is 35.5. The molecule has 2 N–H and O–H groups in total. The molecule has 0 fully saturated rings. The monoisotopic (exact) mass is 802 g/mol. The van der Waals surface area contributed by atoms with E-state index in [0.29, 0.717) is 48.2 Å². The van der Waals surface area contributed by atoms with Crippen molar-refractivity contribution in [1.82, 2.24) is 15.2 Å². The summed E-state index contributed by atoms with van der Waals surface area (Å²) in [6.45, 7) is 13.1. The number of nitrogens with one attached hydrogen (secondary N) is 2. The van der Waals surface area contributed by atoms with Gasteiger partial charge in [-0.25, -0.2) is 13.1 Å². The lowest BCUT2D eigenvalue weighted by molar-refractivity contribution is -0.121. The van der Waals surface area contributed by atoms with Crippen LogP contribution in [0.3, 0.4) is 0 Å². The number of amides is 1. The molecule has 56 heavy (non-hydrogen) atoms. The Morgan fingerprint density at radius 2 is 1.70 bits per heavy atom. The minimum Gasteiger partial charge on any atom is -0.497 e. The number of hydrogen-bond donors (Lipinski definition) is 2. The fourth-order valence-electron chi connectivity index (χ4n) is 6.92. The molecule has 1 aliphatic heterocycles. The zero-order valence-corrected chi connectivity index (χ0v) is 35.2. The van der Waals surface area contributed by atoms with Crippen molar-refractivity contribution in [2.24, 2.45) is 9.98 Å². The van der Waals surface area contributed by atoms with Crippen LogP contribution in [-0.2, 0) is 14.8 Å². The van der Waals surface area contributed by atoms with Gasteiger partial charge in [-0.1, -0.05) is 67.2 Å².